The Morgan fingerprint density at radius 1 is 1.26 bits per heavy atom. The molecule has 1 aliphatic rings. The van der Waals surface area contributed by atoms with Crippen molar-refractivity contribution in [2.75, 3.05) is 27.4 Å². The zero-order valence-corrected chi connectivity index (χ0v) is 21.2. The first-order valence-electron chi connectivity index (χ1n) is 10.1. The SMILES string of the molecule is CCOC(=O)COc1c(OC)cc(/C=C2\NC(=O)N(Cc3ccc(C(=O)OC)o3)C2=O)c(Br)c1Cl. The van der Waals surface area contributed by atoms with Gasteiger partial charge in [0, 0.05) is 4.47 Å². The van der Waals surface area contributed by atoms with Crippen LogP contribution in [0.25, 0.3) is 6.08 Å². The van der Waals surface area contributed by atoms with Gasteiger partial charge in [-0.3, -0.25) is 9.69 Å². The van der Waals surface area contributed by atoms with Gasteiger partial charge < -0.3 is 28.7 Å². The molecule has 1 aromatic carbocycles. The normalized spacial score (nSPS) is 14.2. The van der Waals surface area contributed by atoms with Crippen molar-refractivity contribution < 1.29 is 42.5 Å². The van der Waals surface area contributed by atoms with Gasteiger partial charge in [-0.15, -0.1) is 0 Å². The molecule has 1 fully saturated rings. The van der Waals surface area contributed by atoms with Crippen molar-refractivity contribution in [1.29, 1.82) is 0 Å². The van der Waals surface area contributed by atoms with Crippen LogP contribution in [0.15, 0.2) is 32.8 Å². The molecule has 1 aromatic heterocycles. The number of nitrogens with one attached hydrogen (secondary N) is 1. The van der Waals surface area contributed by atoms with Gasteiger partial charge in [0.25, 0.3) is 5.91 Å². The number of hydrogen-bond acceptors (Lipinski definition) is 9. The predicted octanol–water partition coefficient (Wildman–Crippen LogP) is 3.53. The van der Waals surface area contributed by atoms with Gasteiger partial charge in [-0.05, 0) is 52.7 Å². The van der Waals surface area contributed by atoms with Crippen molar-refractivity contribution in [3.8, 4) is 11.5 Å². The lowest BCUT2D eigenvalue weighted by Gasteiger charge is -2.15. The maximum Gasteiger partial charge on any atom is 0.373 e. The number of carbonyl (C=O) groups excluding carboxylic acids is 4. The number of esters is 2. The van der Waals surface area contributed by atoms with Crippen LogP contribution in [0.4, 0.5) is 4.79 Å². The summed E-state index contributed by atoms with van der Waals surface area (Å²) in [5, 5.41) is 2.57. The quantitative estimate of drug-likeness (QED) is 0.273. The van der Waals surface area contributed by atoms with E-state index in [0.29, 0.717) is 10.0 Å². The van der Waals surface area contributed by atoms with E-state index in [1.54, 1.807) is 6.92 Å². The third-order valence-electron chi connectivity index (χ3n) is 4.64. The molecular weight excluding hydrogens is 552 g/mol. The van der Waals surface area contributed by atoms with Crippen molar-refractivity contribution in [3.05, 3.63) is 50.5 Å². The summed E-state index contributed by atoms with van der Waals surface area (Å²) in [4.78, 5) is 49.4. The van der Waals surface area contributed by atoms with Crippen LogP contribution in [0.1, 0.15) is 28.8 Å². The molecule has 0 aliphatic carbocycles. The largest absolute Gasteiger partial charge is 0.493 e. The van der Waals surface area contributed by atoms with E-state index in [2.05, 4.69) is 26.0 Å². The Hall–Kier alpha value is -3.51. The van der Waals surface area contributed by atoms with E-state index >= 15 is 0 Å². The smallest absolute Gasteiger partial charge is 0.373 e. The van der Waals surface area contributed by atoms with E-state index in [1.807, 2.05) is 0 Å². The molecule has 1 saturated heterocycles. The molecule has 0 atom stereocenters. The highest BCUT2D eigenvalue weighted by Crippen LogP contribution is 2.43. The van der Waals surface area contributed by atoms with Crippen molar-refractivity contribution in [2.24, 2.45) is 0 Å². The fourth-order valence-electron chi connectivity index (χ4n) is 3.03. The average Bonchev–Trinajstić information content (AvgIpc) is 3.41. The number of furan rings is 1. The molecule has 13 heteroatoms. The molecule has 11 nitrogen and oxygen atoms in total. The summed E-state index contributed by atoms with van der Waals surface area (Å²) >= 11 is 9.74. The summed E-state index contributed by atoms with van der Waals surface area (Å²) in [7, 11) is 2.58. The zero-order valence-electron chi connectivity index (χ0n) is 18.8. The Kier molecular flexibility index (Phi) is 8.41. The molecule has 2 heterocycles. The Balaban J connectivity index is 1.83. The second-order valence-electron chi connectivity index (χ2n) is 6.86. The topological polar surface area (TPSA) is 134 Å². The molecule has 1 aliphatic heterocycles. The fourth-order valence-corrected chi connectivity index (χ4v) is 3.70. The molecular formula is C22H20BrClN2O9. The van der Waals surface area contributed by atoms with Crippen LogP contribution in [-0.2, 0) is 25.6 Å². The summed E-state index contributed by atoms with van der Waals surface area (Å²) in [6.45, 7) is 1.28. The standard InChI is InChI=1S/C22H20BrClN2O9/c1-4-33-16(27)10-34-19-15(31-2)8-11(17(23)18(19)24)7-13-20(28)26(22(30)25-13)9-12-5-6-14(35-12)21(29)32-3/h5-8H,4,9-10H2,1-3H3,(H,25,30)/b13-7-. The number of rotatable bonds is 9. The lowest BCUT2D eigenvalue weighted by atomic mass is 10.1. The van der Waals surface area contributed by atoms with Crippen molar-refractivity contribution in [3.63, 3.8) is 0 Å². The summed E-state index contributed by atoms with van der Waals surface area (Å²) < 4.78 is 25.8. The number of ether oxygens (including phenoxy) is 4. The van der Waals surface area contributed by atoms with Gasteiger partial charge in [0.2, 0.25) is 5.76 Å². The van der Waals surface area contributed by atoms with Crippen LogP contribution in [-0.4, -0.2) is 56.2 Å². The minimum atomic E-state index is -0.681. The number of carbonyl (C=O) groups is 4. The summed E-state index contributed by atoms with van der Waals surface area (Å²) in [5.41, 5.74) is 0.362. The average molecular weight is 572 g/mol. The molecule has 2 aromatic rings. The number of urea groups is 1. The molecule has 35 heavy (non-hydrogen) atoms. The predicted molar refractivity (Wildman–Crippen MR) is 125 cm³/mol. The molecule has 0 saturated carbocycles. The maximum atomic E-state index is 12.9. The van der Waals surface area contributed by atoms with Gasteiger partial charge in [-0.25, -0.2) is 14.4 Å². The minimum Gasteiger partial charge on any atom is -0.493 e. The van der Waals surface area contributed by atoms with Gasteiger partial charge in [0.1, 0.15) is 16.5 Å². The van der Waals surface area contributed by atoms with Crippen LogP contribution >= 0.6 is 27.5 Å². The zero-order chi connectivity index (χ0) is 25.7. The Morgan fingerprint density at radius 2 is 2.00 bits per heavy atom. The highest BCUT2D eigenvalue weighted by molar-refractivity contribution is 9.10. The number of halogens is 2. The van der Waals surface area contributed by atoms with Crippen LogP contribution in [0.3, 0.4) is 0 Å². The minimum absolute atomic E-state index is 0.0336. The first-order chi connectivity index (χ1) is 16.7. The second kappa shape index (κ2) is 11.3. The maximum absolute atomic E-state index is 12.9. The Morgan fingerprint density at radius 3 is 2.66 bits per heavy atom. The molecule has 0 radical (unpaired) electrons. The fraction of sp³-hybridized carbons (Fsp3) is 0.273. The lowest BCUT2D eigenvalue weighted by Crippen LogP contribution is -2.30. The second-order valence-corrected chi connectivity index (χ2v) is 8.03. The van der Waals surface area contributed by atoms with Gasteiger partial charge in [0.15, 0.2) is 18.1 Å². The monoisotopic (exact) mass is 570 g/mol. The highest BCUT2D eigenvalue weighted by atomic mass is 79.9. The van der Waals surface area contributed by atoms with E-state index in [-0.39, 0.29) is 53.5 Å². The van der Waals surface area contributed by atoms with Gasteiger partial charge in [-0.1, -0.05) is 11.6 Å². The van der Waals surface area contributed by atoms with Crippen LogP contribution < -0.4 is 14.8 Å². The Bertz CT molecular complexity index is 1210. The third kappa shape index (κ3) is 5.77. The van der Waals surface area contributed by atoms with E-state index < -0.39 is 23.9 Å². The van der Waals surface area contributed by atoms with Crippen molar-refractivity contribution >= 4 is 57.5 Å². The lowest BCUT2D eigenvalue weighted by molar-refractivity contribution is -0.145. The van der Waals surface area contributed by atoms with Crippen molar-refractivity contribution in [2.45, 2.75) is 13.5 Å². The van der Waals surface area contributed by atoms with Crippen molar-refractivity contribution in [1.82, 2.24) is 10.2 Å². The van der Waals surface area contributed by atoms with Gasteiger partial charge in [-0.2, -0.15) is 0 Å². The number of hydrogen-bond donors (Lipinski definition) is 1. The molecule has 0 bridgehead atoms. The van der Waals surface area contributed by atoms with Crippen LogP contribution in [0.2, 0.25) is 5.02 Å². The molecule has 3 amide bonds. The summed E-state index contributed by atoms with van der Waals surface area (Å²) in [6, 6.07) is 3.68. The molecule has 1 N–H and O–H groups in total. The third-order valence-corrected chi connectivity index (χ3v) is 6.08. The number of methoxy groups -OCH3 is 2. The number of imide groups is 1. The molecule has 186 valence electrons. The number of nitrogens with zero attached hydrogens (tertiary/aromatic N) is 1. The number of amides is 3. The summed E-state index contributed by atoms with van der Waals surface area (Å²) in [6.07, 6.45) is 1.40. The highest BCUT2D eigenvalue weighted by Gasteiger charge is 2.35. The first kappa shape index (κ1) is 26.1. The van der Waals surface area contributed by atoms with Gasteiger partial charge >= 0.3 is 18.0 Å². The molecule has 0 unspecified atom stereocenters. The van der Waals surface area contributed by atoms with Gasteiger partial charge in [0.05, 0.1) is 27.4 Å². The van der Waals surface area contributed by atoms with E-state index in [1.165, 1.54) is 38.5 Å². The Labute approximate surface area is 213 Å². The van der Waals surface area contributed by atoms with E-state index in [0.717, 1.165) is 4.90 Å². The van der Waals surface area contributed by atoms with Crippen LogP contribution in [0.5, 0.6) is 11.5 Å². The molecule has 3 rings (SSSR count). The molecule has 0 spiro atoms. The number of benzene rings is 1. The van der Waals surface area contributed by atoms with E-state index in [9.17, 15) is 19.2 Å². The van der Waals surface area contributed by atoms with Crippen LogP contribution in [0, 0.1) is 0 Å². The first-order valence-corrected chi connectivity index (χ1v) is 11.2. The van der Waals surface area contributed by atoms with E-state index in [4.69, 9.17) is 30.2 Å². The summed E-state index contributed by atoms with van der Waals surface area (Å²) in [5.74, 6) is -1.45.